The Balaban J connectivity index is 1.90. The SMILES string of the molecule is COc1ccc(S(=O)(=O)NCCN2CCOCC2=O)cc1. The van der Waals surface area contributed by atoms with Gasteiger partial charge in [0.05, 0.1) is 18.6 Å². The van der Waals surface area contributed by atoms with E-state index in [0.717, 1.165) is 0 Å². The molecule has 0 bridgehead atoms. The van der Waals surface area contributed by atoms with Gasteiger partial charge in [-0.1, -0.05) is 0 Å². The number of rotatable bonds is 6. The average molecular weight is 314 g/mol. The number of morpholine rings is 1. The molecule has 1 aromatic carbocycles. The predicted molar refractivity (Wildman–Crippen MR) is 75.6 cm³/mol. The van der Waals surface area contributed by atoms with E-state index in [9.17, 15) is 13.2 Å². The number of benzene rings is 1. The summed E-state index contributed by atoms with van der Waals surface area (Å²) < 4.78 is 36.6. The summed E-state index contributed by atoms with van der Waals surface area (Å²) in [5.41, 5.74) is 0. The van der Waals surface area contributed by atoms with Crippen LogP contribution in [0, 0.1) is 0 Å². The highest BCUT2D eigenvalue weighted by Crippen LogP contribution is 2.15. The molecular weight excluding hydrogens is 296 g/mol. The van der Waals surface area contributed by atoms with Gasteiger partial charge in [-0.05, 0) is 24.3 Å². The van der Waals surface area contributed by atoms with Crippen molar-refractivity contribution in [3.63, 3.8) is 0 Å². The first-order valence-corrected chi connectivity index (χ1v) is 8.00. The summed E-state index contributed by atoms with van der Waals surface area (Å²) in [5.74, 6) is 0.470. The highest BCUT2D eigenvalue weighted by Gasteiger charge is 2.19. The standard InChI is InChI=1S/C13H18N2O5S/c1-19-11-2-4-12(5-3-11)21(17,18)14-6-7-15-8-9-20-10-13(15)16/h2-5,14H,6-10H2,1H3. The van der Waals surface area contributed by atoms with E-state index in [1.165, 1.54) is 19.2 Å². The lowest BCUT2D eigenvalue weighted by molar-refractivity contribution is -0.142. The Hall–Kier alpha value is -1.64. The van der Waals surface area contributed by atoms with Crippen LogP contribution in [0.5, 0.6) is 5.75 Å². The molecule has 1 heterocycles. The zero-order valence-electron chi connectivity index (χ0n) is 11.7. The van der Waals surface area contributed by atoms with Gasteiger partial charge in [0, 0.05) is 19.6 Å². The van der Waals surface area contributed by atoms with E-state index < -0.39 is 10.0 Å². The summed E-state index contributed by atoms with van der Waals surface area (Å²) in [7, 11) is -2.06. The van der Waals surface area contributed by atoms with Crippen molar-refractivity contribution < 1.29 is 22.7 Å². The Bertz CT molecular complexity index is 585. The van der Waals surface area contributed by atoms with Gasteiger partial charge in [0.2, 0.25) is 15.9 Å². The molecule has 0 unspecified atom stereocenters. The maximum Gasteiger partial charge on any atom is 0.248 e. The third-order valence-electron chi connectivity index (χ3n) is 3.13. The van der Waals surface area contributed by atoms with Crippen molar-refractivity contribution in [1.82, 2.24) is 9.62 Å². The highest BCUT2D eigenvalue weighted by molar-refractivity contribution is 7.89. The van der Waals surface area contributed by atoms with E-state index >= 15 is 0 Å². The lowest BCUT2D eigenvalue weighted by Crippen LogP contribution is -2.45. The maximum absolute atomic E-state index is 12.1. The molecule has 0 spiro atoms. The number of carbonyl (C=O) groups is 1. The number of hydrogen-bond acceptors (Lipinski definition) is 5. The molecule has 0 radical (unpaired) electrons. The first-order valence-electron chi connectivity index (χ1n) is 6.52. The molecule has 1 saturated heterocycles. The third-order valence-corrected chi connectivity index (χ3v) is 4.60. The van der Waals surface area contributed by atoms with Gasteiger partial charge in [-0.2, -0.15) is 0 Å². The molecule has 1 aliphatic heterocycles. The fourth-order valence-electron chi connectivity index (χ4n) is 1.94. The van der Waals surface area contributed by atoms with E-state index in [-0.39, 0.29) is 24.0 Å². The lowest BCUT2D eigenvalue weighted by atomic mass is 10.3. The van der Waals surface area contributed by atoms with Gasteiger partial charge in [-0.3, -0.25) is 4.79 Å². The molecule has 1 aliphatic rings. The van der Waals surface area contributed by atoms with Crippen molar-refractivity contribution >= 4 is 15.9 Å². The van der Waals surface area contributed by atoms with Crippen molar-refractivity contribution in [2.24, 2.45) is 0 Å². The van der Waals surface area contributed by atoms with Crippen LogP contribution in [0.4, 0.5) is 0 Å². The van der Waals surface area contributed by atoms with Crippen molar-refractivity contribution in [2.45, 2.75) is 4.90 Å². The molecule has 1 aromatic rings. The third kappa shape index (κ3) is 4.16. The second-order valence-electron chi connectivity index (χ2n) is 4.51. The Morgan fingerprint density at radius 1 is 1.33 bits per heavy atom. The maximum atomic E-state index is 12.1. The fraction of sp³-hybridized carbons (Fsp3) is 0.462. The van der Waals surface area contributed by atoms with Crippen LogP contribution in [0.2, 0.25) is 0 Å². The van der Waals surface area contributed by atoms with Gasteiger partial charge in [-0.25, -0.2) is 13.1 Å². The second kappa shape index (κ2) is 6.88. The van der Waals surface area contributed by atoms with Crippen LogP contribution < -0.4 is 9.46 Å². The molecule has 21 heavy (non-hydrogen) atoms. The van der Waals surface area contributed by atoms with Crippen LogP contribution in [0.25, 0.3) is 0 Å². The molecule has 1 amide bonds. The van der Waals surface area contributed by atoms with Crippen molar-refractivity contribution in [3.05, 3.63) is 24.3 Å². The summed E-state index contributed by atoms with van der Waals surface area (Å²) in [4.78, 5) is 13.2. The summed E-state index contributed by atoms with van der Waals surface area (Å²) in [6.45, 7) is 1.53. The van der Waals surface area contributed by atoms with Crippen molar-refractivity contribution in [3.8, 4) is 5.75 Å². The molecule has 8 heteroatoms. The molecule has 0 aliphatic carbocycles. The largest absolute Gasteiger partial charge is 0.497 e. The molecule has 7 nitrogen and oxygen atoms in total. The number of hydrogen-bond donors (Lipinski definition) is 1. The summed E-state index contributed by atoms with van der Waals surface area (Å²) in [5, 5.41) is 0. The van der Waals surface area contributed by atoms with Crippen LogP contribution in [0.3, 0.4) is 0 Å². The molecule has 0 saturated carbocycles. The van der Waals surface area contributed by atoms with Gasteiger partial charge in [-0.15, -0.1) is 0 Å². The zero-order chi connectivity index (χ0) is 15.3. The number of carbonyl (C=O) groups excluding carboxylic acids is 1. The summed E-state index contributed by atoms with van der Waals surface area (Å²) in [6.07, 6.45) is 0. The minimum Gasteiger partial charge on any atom is -0.497 e. The second-order valence-corrected chi connectivity index (χ2v) is 6.27. The van der Waals surface area contributed by atoms with Crippen LogP contribution in [0.1, 0.15) is 0 Å². The van der Waals surface area contributed by atoms with Gasteiger partial charge in [0.15, 0.2) is 0 Å². The summed E-state index contributed by atoms with van der Waals surface area (Å²) >= 11 is 0. The van der Waals surface area contributed by atoms with Gasteiger partial charge < -0.3 is 14.4 Å². The van der Waals surface area contributed by atoms with Gasteiger partial charge in [0.25, 0.3) is 0 Å². The van der Waals surface area contributed by atoms with E-state index in [1.54, 1.807) is 17.0 Å². The Kier molecular flexibility index (Phi) is 5.16. The zero-order valence-corrected chi connectivity index (χ0v) is 12.6. The average Bonchev–Trinajstić information content (AvgIpc) is 2.49. The van der Waals surface area contributed by atoms with Crippen molar-refractivity contribution in [2.75, 3.05) is 40.0 Å². The van der Waals surface area contributed by atoms with Crippen LogP contribution in [-0.2, 0) is 19.6 Å². The molecular formula is C13H18N2O5S. The topological polar surface area (TPSA) is 84.9 Å². The number of amides is 1. The number of nitrogens with zero attached hydrogens (tertiary/aromatic N) is 1. The van der Waals surface area contributed by atoms with E-state index in [2.05, 4.69) is 4.72 Å². The quantitative estimate of drug-likeness (QED) is 0.788. The van der Waals surface area contributed by atoms with E-state index in [4.69, 9.17) is 9.47 Å². The first kappa shape index (κ1) is 15.7. The number of methoxy groups -OCH3 is 1. The van der Waals surface area contributed by atoms with Gasteiger partial charge in [0.1, 0.15) is 12.4 Å². The van der Waals surface area contributed by atoms with Crippen LogP contribution >= 0.6 is 0 Å². The van der Waals surface area contributed by atoms with Crippen LogP contribution in [-0.4, -0.2) is 59.2 Å². The first-order chi connectivity index (χ1) is 10.0. The molecule has 0 aromatic heterocycles. The molecule has 116 valence electrons. The normalized spacial score (nSPS) is 16.0. The molecule has 1 N–H and O–H groups in total. The number of sulfonamides is 1. The molecule has 2 rings (SSSR count). The molecule has 1 fully saturated rings. The minimum absolute atomic E-state index is 0.0607. The highest BCUT2D eigenvalue weighted by atomic mass is 32.2. The Labute approximate surface area is 123 Å². The minimum atomic E-state index is -3.58. The summed E-state index contributed by atoms with van der Waals surface area (Å²) in [6, 6.07) is 6.11. The fourth-order valence-corrected chi connectivity index (χ4v) is 2.96. The number of ether oxygens (including phenoxy) is 2. The predicted octanol–water partition coefficient (Wildman–Crippen LogP) is -0.168. The monoisotopic (exact) mass is 314 g/mol. The lowest BCUT2D eigenvalue weighted by Gasteiger charge is -2.26. The van der Waals surface area contributed by atoms with Crippen LogP contribution in [0.15, 0.2) is 29.2 Å². The van der Waals surface area contributed by atoms with E-state index in [1.807, 2.05) is 0 Å². The van der Waals surface area contributed by atoms with E-state index in [0.29, 0.717) is 25.4 Å². The van der Waals surface area contributed by atoms with Crippen molar-refractivity contribution in [1.29, 1.82) is 0 Å². The smallest absolute Gasteiger partial charge is 0.248 e. The van der Waals surface area contributed by atoms with Gasteiger partial charge >= 0.3 is 0 Å². The molecule has 0 atom stereocenters. The Morgan fingerprint density at radius 2 is 2.05 bits per heavy atom. The number of nitrogens with one attached hydrogen (secondary N) is 1. The Morgan fingerprint density at radius 3 is 2.67 bits per heavy atom.